The molecule has 0 atom stereocenters. The molecule has 23 heavy (non-hydrogen) atoms. The van der Waals surface area contributed by atoms with Gasteiger partial charge in [0.25, 0.3) is 0 Å². The van der Waals surface area contributed by atoms with Gasteiger partial charge in [-0.05, 0) is 36.8 Å². The van der Waals surface area contributed by atoms with Gasteiger partial charge in [-0.15, -0.1) is 0 Å². The van der Waals surface area contributed by atoms with Gasteiger partial charge in [0.1, 0.15) is 5.75 Å². The minimum Gasteiger partial charge on any atom is -0.497 e. The summed E-state index contributed by atoms with van der Waals surface area (Å²) in [6, 6.07) is 13.9. The molecular formula is C18H14N2O3. The molecule has 0 aromatic heterocycles. The number of esters is 1. The third kappa shape index (κ3) is 3.30. The van der Waals surface area contributed by atoms with Gasteiger partial charge in [-0.1, -0.05) is 12.1 Å². The molecule has 0 fully saturated rings. The Bertz CT molecular complexity index is 812. The summed E-state index contributed by atoms with van der Waals surface area (Å²) < 4.78 is 10.2. The van der Waals surface area contributed by atoms with Crippen LogP contribution in [0.3, 0.4) is 0 Å². The molecule has 114 valence electrons. The topological polar surface area (TPSA) is 83.1 Å². The van der Waals surface area contributed by atoms with Crippen molar-refractivity contribution in [2.75, 3.05) is 13.7 Å². The van der Waals surface area contributed by atoms with E-state index < -0.39 is 5.97 Å². The number of hydrogen-bond donors (Lipinski definition) is 0. The molecule has 0 radical (unpaired) electrons. The summed E-state index contributed by atoms with van der Waals surface area (Å²) in [7, 11) is 1.56. The van der Waals surface area contributed by atoms with Crippen LogP contribution in [0.5, 0.6) is 5.75 Å². The van der Waals surface area contributed by atoms with Crippen LogP contribution in [0.25, 0.3) is 11.1 Å². The summed E-state index contributed by atoms with van der Waals surface area (Å²) >= 11 is 0. The van der Waals surface area contributed by atoms with Crippen LogP contribution in [0, 0.1) is 22.7 Å². The van der Waals surface area contributed by atoms with Crippen LogP contribution in [-0.2, 0) is 4.74 Å². The first-order valence-corrected chi connectivity index (χ1v) is 6.94. The molecule has 0 N–H and O–H groups in total. The van der Waals surface area contributed by atoms with E-state index in [2.05, 4.69) is 0 Å². The number of rotatable bonds is 4. The summed E-state index contributed by atoms with van der Waals surface area (Å²) in [5, 5.41) is 18.5. The Morgan fingerprint density at radius 2 is 1.83 bits per heavy atom. The van der Waals surface area contributed by atoms with E-state index in [1.165, 1.54) is 12.1 Å². The quantitative estimate of drug-likeness (QED) is 0.809. The number of hydrogen-bond acceptors (Lipinski definition) is 5. The van der Waals surface area contributed by atoms with E-state index in [1.807, 2.05) is 12.1 Å². The summed E-state index contributed by atoms with van der Waals surface area (Å²) in [5.41, 5.74) is 1.81. The van der Waals surface area contributed by atoms with Crippen molar-refractivity contribution in [1.29, 1.82) is 10.5 Å². The lowest BCUT2D eigenvalue weighted by atomic mass is 9.92. The van der Waals surface area contributed by atoms with Crippen LogP contribution in [-0.4, -0.2) is 19.7 Å². The SMILES string of the molecule is CCOC(=O)c1cc(C#N)cc(C#N)c1-c1ccc(OC)cc1. The summed E-state index contributed by atoms with van der Waals surface area (Å²) in [6.07, 6.45) is 0. The molecule has 0 heterocycles. The highest BCUT2D eigenvalue weighted by molar-refractivity contribution is 5.99. The fourth-order valence-electron chi connectivity index (χ4n) is 2.23. The molecule has 2 aromatic carbocycles. The van der Waals surface area contributed by atoms with Crippen molar-refractivity contribution in [3.63, 3.8) is 0 Å². The monoisotopic (exact) mass is 306 g/mol. The van der Waals surface area contributed by atoms with E-state index >= 15 is 0 Å². The zero-order valence-electron chi connectivity index (χ0n) is 12.8. The normalized spacial score (nSPS) is 9.57. The summed E-state index contributed by atoms with van der Waals surface area (Å²) in [4.78, 5) is 12.2. The molecule has 0 amide bonds. The molecule has 0 aliphatic carbocycles. The lowest BCUT2D eigenvalue weighted by Gasteiger charge is -2.12. The van der Waals surface area contributed by atoms with Crippen molar-refractivity contribution in [3.05, 3.63) is 53.1 Å². The Labute approximate surface area is 134 Å². The second-order valence-electron chi connectivity index (χ2n) is 4.62. The minimum atomic E-state index is -0.563. The number of carbonyl (C=O) groups excluding carboxylic acids is 1. The Balaban J connectivity index is 2.70. The van der Waals surface area contributed by atoms with E-state index in [9.17, 15) is 10.1 Å². The average molecular weight is 306 g/mol. The van der Waals surface area contributed by atoms with Crippen molar-refractivity contribution in [2.45, 2.75) is 6.92 Å². The van der Waals surface area contributed by atoms with Crippen molar-refractivity contribution >= 4 is 5.97 Å². The number of carbonyl (C=O) groups is 1. The highest BCUT2D eigenvalue weighted by atomic mass is 16.5. The average Bonchev–Trinajstić information content (AvgIpc) is 2.60. The molecule has 2 aromatic rings. The lowest BCUT2D eigenvalue weighted by molar-refractivity contribution is 0.0527. The standard InChI is InChI=1S/C18H14N2O3/c1-3-23-18(21)16-9-12(10-19)8-14(11-20)17(16)13-4-6-15(22-2)7-5-13/h4-9H,3H2,1-2H3. The first-order chi connectivity index (χ1) is 11.1. The summed E-state index contributed by atoms with van der Waals surface area (Å²) in [6.45, 7) is 1.91. The van der Waals surface area contributed by atoms with Crippen molar-refractivity contribution in [2.24, 2.45) is 0 Å². The maximum atomic E-state index is 12.2. The van der Waals surface area contributed by atoms with Gasteiger partial charge in [0.15, 0.2) is 0 Å². The molecule has 0 aliphatic rings. The van der Waals surface area contributed by atoms with Crippen LogP contribution in [0.4, 0.5) is 0 Å². The van der Waals surface area contributed by atoms with Gasteiger partial charge in [0.2, 0.25) is 0 Å². The predicted octanol–water partition coefficient (Wildman–Crippen LogP) is 3.28. The minimum absolute atomic E-state index is 0.201. The van der Waals surface area contributed by atoms with Gasteiger partial charge in [0, 0.05) is 5.56 Å². The second-order valence-corrected chi connectivity index (χ2v) is 4.62. The van der Waals surface area contributed by atoms with Crippen molar-refractivity contribution in [3.8, 4) is 29.0 Å². The van der Waals surface area contributed by atoms with Crippen molar-refractivity contribution < 1.29 is 14.3 Å². The number of nitriles is 2. The van der Waals surface area contributed by atoms with Crippen LogP contribution >= 0.6 is 0 Å². The molecule has 5 nitrogen and oxygen atoms in total. The number of nitrogens with zero attached hydrogens (tertiary/aromatic N) is 2. The third-order valence-corrected chi connectivity index (χ3v) is 3.26. The van der Waals surface area contributed by atoms with E-state index in [-0.39, 0.29) is 23.3 Å². The summed E-state index contributed by atoms with van der Waals surface area (Å²) in [5.74, 6) is 0.102. The molecule has 2 rings (SSSR count). The largest absolute Gasteiger partial charge is 0.497 e. The van der Waals surface area contributed by atoms with Gasteiger partial charge < -0.3 is 9.47 Å². The fourth-order valence-corrected chi connectivity index (χ4v) is 2.23. The molecule has 0 aliphatic heterocycles. The molecule has 5 heteroatoms. The molecule has 0 bridgehead atoms. The Kier molecular flexibility index (Phi) is 4.96. The highest BCUT2D eigenvalue weighted by Gasteiger charge is 2.19. The Hall–Kier alpha value is -3.31. The molecule has 0 unspecified atom stereocenters. The van der Waals surface area contributed by atoms with E-state index in [4.69, 9.17) is 14.7 Å². The maximum absolute atomic E-state index is 12.2. The maximum Gasteiger partial charge on any atom is 0.338 e. The van der Waals surface area contributed by atoms with E-state index in [1.54, 1.807) is 38.3 Å². The zero-order valence-corrected chi connectivity index (χ0v) is 12.8. The highest BCUT2D eigenvalue weighted by Crippen LogP contribution is 2.31. The molecular weight excluding hydrogens is 292 g/mol. The molecule has 0 spiro atoms. The first-order valence-electron chi connectivity index (χ1n) is 6.94. The van der Waals surface area contributed by atoms with Gasteiger partial charge >= 0.3 is 5.97 Å². The van der Waals surface area contributed by atoms with Gasteiger partial charge in [-0.25, -0.2) is 4.79 Å². The first kappa shape index (κ1) is 16.1. The van der Waals surface area contributed by atoms with E-state index in [0.29, 0.717) is 16.9 Å². The Morgan fingerprint density at radius 1 is 1.13 bits per heavy atom. The van der Waals surface area contributed by atoms with Gasteiger partial charge in [-0.3, -0.25) is 0 Å². The molecule has 0 saturated heterocycles. The van der Waals surface area contributed by atoms with Crippen molar-refractivity contribution in [1.82, 2.24) is 0 Å². The third-order valence-electron chi connectivity index (χ3n) is 3.26. The number of methoxy groups -OCH3 is 1. The molecule has 0 saturated carbocycles. The smallest absolute Gasteiger partial charge is 0.338 e. The number of benzene rings is 2. The van der Waals surface area contributed by atoms with Crippen LogP contribution in [0.1, 0.15) is 28.4 Å². The zero-order chi connectivity index (χ0) is 16.8. The fraction of sp³-hybridized carbons (Fsp3) is 0.167. The number of ether oxygens (including phenoxy) is 2. The predicted molar refractivity (Wildman–Crippen MR) is 83.8 cm³/mol. The van der Waals surface area contributed by atoms with Gasteiger partial charge in [-0.2, -0.15) is 10.5 Å². The van der Waals surface area contributed by atoms with Crippen LogP contribution in [0.2, 0.25) is 0 Å². The Morgan fingerprint density at radius 3 is 2.35 bits per heavy atom. The van der Waals surface area contributed by atoms with E-state index in [0.717, 1.165) is 0 Å². The van der Waals surface area contributed by atoms with Crippen LogP contribution in [0.15, 0.2) is 36.4 Å². The van der Waals surface area contributed by atoms with Crippen LogP contribution < -0.4 is 4.74 Å². The second kappa shape index (κ2) is 7.11. The lowest BCUT2D eigenvalue weighted by Crippen LogP contribution is -2.08. The van der Waals surface area contributed by atoms with Gasteiger partial charge in [0.05, 0.1) is 42.5 Å².